The van der Waals surface area contributed by atoms with Crippen molar-refractivity contribution in [2.75, 3.05) is 12.4 Å². The first kappa shape index (κ1) is 10.6. The van der Waals surface area contributed by atoms with Crippen LogP contribution in [-0.4, -0.2) is 26.8 Å². The third-order valence-corrected chi connectivity index (χ3v) is 2.50. The summed E-state index contributed by atoms with van der Waals surface area (Å²) in [5.41, 5.74) is 3.05. The average molecular weight is 217 g/mol. The van der Waals surface area contributed by atoms with Crippen molar-refractivity contribution < 1.29 is 0 Å². The molecule has 0 saturated heterocycles. The van der Waals surface area contributed by atoms with Gasteiger partial charge in [0, 0.05) is 18.3 Å². The van der Waals surface area contributed by atoms with Crippen LogP contribution in [-0.2, 0) is 0 Å². The van der Waals surface area contributed by atoms with Crippen LogP contribution in [0.1, 0.15) is 17.0 Å². The van der Waals surface area contributed by atoms with Crippen molar-refractivity contribution in [3.8, 4) is 5.82 Å². The van der Waals surface area contributed by atoms with Crippen LogP contribution in [0.3, 0.4) is 0 Å². The van der Waals surface area contributed by atoms with E-state index in [1.54, 1.807) is 6.33 Å². The van der Waals surface area contributed by atoms with Crippen molar-refractivity contribution in [3.63, 3.8) is 0 Å². The van der Waals surface area contributed by atoms with Gasteiger partial charge in [-0.05, 0) is 26.8 Å². The summed E-state index contributed by atoms with van der Waals surface area (Å²) in [7, 11) is 1.85. The van der Waals surface area contributed by atoms with E-state index in [1.165, 1.54) is 0 Å². The van der Waals surface area contributed by atoms with Gasteiger partial charge in [-0.15, -0.1) is 0 Å². The molecule has 0 saturated carbocycles. The Labute approximate surface area is 94.5 Å². The highest BCUT2D eigenvalue weighted by atomic mass is 15.3. The molecular weight excluding hydrogens is 202 g/mol. The molecular formula is C11H15N5. The molecule has 84 valence electrons. The average Bonchev–Trinajstić information content (AvgIpc) is 2.58. The van der Waals surface area contributed by atoms with Crippen molar-refractivity contribution in [1.82, 2.24) is 19.7 Å². The van der Waals surface area contributed by atoms with Gasteiger partial charge in [0.1, 0.15) is 12.1 Å². The number of rotatable bonds is 2. The van der Waals surface area contributed by atoms with Gasteiger partial charge in [0.2, 0.25) is 0 Å². The van der Waals surface area contributed by atoms with Gasteiger partial charge in [-0.25, -0.2) is 14.6 Å². The minimum absolute atomic E-state index is 0.824. The zero-order valence-electron chi connectivity index (χ0n) is 9.94. The number of anilines is 1. The molecule has 0 fully saturated rings. The van der Waals surface area contributed by atoms with Crippen LogP contribution >= 0.6 is 0 Å². The van der Waals surface area contributed by atoms with Gasteiger partial charge in [0.25, 0.3) is 0 Å². The van der Waals surface area contributed by atoms with E-state index in [1.807, 2.05) is 38.6 Å². The predicted octanol–water partition coefficient (Wildman–Crippen LogP) is 1.63. The number of nitrogens with one attached hydrogen (secondary N) is 1. The molecule has 0 aliphatic carbocycles. The number of aryl methyl sites for hydroxylation is 2. The van der Waals surface area contributed by atoms with Crippen LogP contribution in [0.4, 0.5) is 5.82 Å². The van der Waals surface area contributed by atoms with E-state index in [-0.39, 0.29) is 0 Å². The summed E-state index contributed by atoms with van der Waals surface area (Å²) in [5.74, 6) is 1.66. The number of nitrogens with zero attached hydrogens (tertiary/aromatic N) is 4. The summed E-state index contributed by atoms with van der Waals surface area (Å²) in [6, 6.07) is 2.03. The van der Waals surface area contributed by atoms with Crippen LogP contribution in [0.2, 0.25) is 0 Å². The molecule has 1 N–H and O–H groups in total. The minimum atomic E-state index is 0.824. The highest BCUT2D eigenvalue weighted by molar-refractivity contribution is 5.50. The van der Waals surface area contributed by atoms with Crippen LogP contribution in [0.25, 0.3) is 5.82 Å². The summed E-state index contributed by atoms with van der Waals surface area (Å²) in [6.45, 7) is 5.97. The maximum absolute atomic E-state index is 4.42. The first-order chi connectivity index (χ1) is 7.63. The molecule has 5 nitrogen and oxygen atoms in total. The molecule has 0 aliphatic heterocycles. The van der Waals surface area contributed by atoms with Gasteiger partial charge in [0.15, 0.2) is 5.82 Å². The van der Waals surface area contributed by atoms with Crippen LogP contribution in [0, 0.1) is 20.8 Å². The van der Waals surface area contributed by atoms with Gasteiger partial charge >= 0.3 is 0 Å². The van der Waals surface area contributed by atoms with Crippen molar-refractivity contribution in [3.05, 3.63) is 29.3 Å². The molecule has 16 heavy (non-hydrogen) atoms. The molecule has 2 rings (SSSR count). The fraction of sp³-hybridized carbons (Fsp3) is 0.364. The zero-order valence-corrected chi connectivity index (χ0v) is 9.94. The van der Waals surface area contributed by atoms with Crippen molar-refractivity contribution in [2.24, 2.45) is 0 Å². The lowest BCUT2D eigenvalue weighted by Crippen LogP contribution is -2.07. The van der Waals surface area contributed by atoms with E-state index >= 15 is 0 Å². The Hall–Kier alpha value is -1.91. The summed E-state index contributed by atoms with van der Waals surface area (Å²) >= 11 is 0. The third kappa shape index (κ3) is 1.64. The van der Waals surface area contributed by atoms with Crippen LogP contribution in [0.15, 0.2) is 12.4 Å². The Balaban J connectivity index is 2.60. The Bertz CT molecular complexity index is 515. The number of hydrogen-bond donors (Lipinski definition) is 1. The monoisotopic (exact) mass is 217 g/mol. The number of hydrogen-bond acceptors (Lipinski definition) is 4. The Morgan fingerprint density at radius 3 is 2.50 bits per heavy atom. The highest BCUT2D eigenvalue weighted by Crippen LogP contribution is 2.18. The standard InChI is InChI=1S/C11H15N5/c1-7-5-8(2)16(15-7)11-9(3)10(12-4)13-6-14-11/h5-6H,1-4H3,(H,12,13,14). The lowest BCUT2D eigenvalue weighted by atomic mass is 10.3. The summed E-state index contributed by atoms with van der Waals surface area (Å²) in [5, 5.41) is 7.45. The fourth-order valence-electron chi connectivity index (χ4n) is 1.75. The normalized spacial score (nSPS) is 10.5. The maximum Gasteiger partial charge on any atom is 0.162 e. The fourth-order valence-corrected chi connectivity index (χ4v) is 1.75. The van der Waals surface area contributed by atoms with Gasteiger partial charge in [-0.3, -0.25) is 0 Å². The topological polar surface area (TPSA) is 55.6 Å². The lowest BCUT2D eigenvalue weighted by molar-refractivity contribution is 0.793. The van der Waals surface area contributed by atoms with Crippen molar-refractivity contribution in [1.29, 1.82) is 0 Å². The molecule has 2 aromatic heterocycles. The van der Waals surface area contributed by atoms with E-state index in [0.29, 0.717) is 0 Å². The summed E-state index contributed by atoms with van der Waals surface area (Å²) < 4.78 is 1.84. The molecule has 0 spiro atoms. The lowest BCUT2D eigenvalue weighted by Gasteiger charge is -2.09. The van der Waals surface area contributed by atoms with E-state index in [0.717, 1.165) is 28.6 Å². The van der Waals surface area contributed by atoms with E-state index < -0.39 is 0 Å². The van der Waals surface area contributed by atoms with Crippen molar-refractivity contribution in [2.45, 2.75) is 20.8 Å². The van der Waals surface area contributed by atoms with Crippen molar-refractivity contribution >= 4 is 5.82 Å². The van der Waals surface area contributed by atoms with Crippen LogP contribution < -0.4 is 5.32 Å². The maximum atomic E-state index is 4.42. The van der Waals surface area contributed by atoms with E-state index in [2.05, 4.69) is 20.4 Å². The summed E-state index contributed by atoms with van der Waals surface area (Å²) in [6.07, 6.45) is 1.55. The van der Waals surface area contributed by atoms with Gasteiger partial charge < -0.3 is 5.32 Å². The molecule has 0 amide bonds. The third-order valence-electron chi connectivity index (χ3n) is 2.50. The molecule has 0 bridgehead atoms. The quantitative estimate of drug-likeness (QED) is 0.830. The number of aromatic nitrogens is 4. The SMILES string of the molecule is CNc1ncnc(-n2nc(C)cc2C)c1C. The molecule has 0 radical (unpaired) electrons. The largest absolute Gasteiger partial charge is 0.373 e. The zero-order chi connectivity index (χ0) is 11.7. The molecule has 0 atom stereocenters. The molecule has 2 heterocycles. The second-order valence-corrected chi connectivity index (χ2v) is 3.76. The second-order valence-electron chi connectivity index (χ2n) is 3.76. The van der Waals surface area contributed by atoms with Gasteiger partial charge in [-0.2, -0.15) is 5.10 Å². The second kappa shape index (κ2) is 3.92. The highest BCUT2D eigenvalue weighted by Gasteiger charge is 2.10. The molecule has 0 unspecified atom stereocenters. The van der Waals surface area contributed by atoms with E-state index in [9.17, 15) is 0 Å². The predicted molar refractivity (Wildman–Crippen MR) is 62.9 cm³/mol. The van der Waals surface area contributed by atoms with E-state index in [4.69, 9.17) is 0 Å². The Morgan fingerprint density at radius 2 is 1.94 bits per heavy atom. The molecule has 0 aliphatic rings. The van der Waals surface area contributed by atoms with Crippen LogP contribution in [0.5, 0.6) is 0 Å². The minimum Gasteiger partial charge on any atom is -0.373 e. The molecule has 2 aromatic rings. The first-order valence-corrected chi connectivity index (χ1v) is 5.16. The first-order valence-electron chi connectivity index (χ1n) is 5.16. The Morgan fingerprint density at radius 1 is 1.19 bits per heavy atom. The molecule has 0 aromatic carbocycles. The Kier molecular flexibility index (Phi) is 2.60. The smallest absolute Gasteiger partial charge is 0.162 e. The summed E-state index contributed by atoms with van der Waals surface area (Å²) in [4.78, 5) is 8.44. The van der Waals surface area contributed by atoms with Gasteiger partial charge in [0.05, 0.1) is 5.69 Å². The van der Waals surface area contributed by atoms with Gasteiger partial charge in [-0.1, -0.05) is 0 Å². The molecule has 5 heteroatoms.